The molecule has 0 spiro atoms. The molecule has 5 rings (SSSR count). The van der Waals surface area contributed by atoms with E-state index in [1.54, 1.807) is 0 Å². The number of anilines is 3. The molecule has 0 radical (unpaired) electrons. The number of piperazine rings is 1. The summed E-state index contributed by atoms with van der Waals surface area (Å²) in [6.07, 6.45) is 9.83. The Hall–Kier alpha value is -2.07. The van der Waals surface area contributed by atoms with Crippen molar-refractivity contribution in [3.63, 3.8) is 0 Å². The maximum absolute atomic E-state index is 5.09. The van der Waals surface area contributed by atoms with Gasteiger partial charge in [-0.15, -0.1) is 0 Å². The third kappa shape index (κ3) is 3.50. The van der Waals surface area contributed by atoms with Crippen molar-refractivity contribution < 1.29 is 0 Å². The number of nitrogens with zero attached hydrogens (tertiary/aromatic N) is 3. The van der Waals surface area contributed by atoms with Crippen molar-refractivity contribution in [1.29, 1.82) is 0 Å². The molecule has 4 nitrogen and oxygen atoms in total. The number of nitrogens with one attached hydrogen (secondary N) is 1. The fourth-order valence-electron chi connectivity index (χ4n) is 5.02. The lowest BCUT2D eigenvalue weighted by atomic mass is 9.87. The van der Waals surface area contributed by atoms with Gasteiger partial charge in [0.05, 0.1) is 0 Å². The number of fused-ring (bicyclic) bond motifs is 2. The van der Waals surface area contributed by atoms with Gasteiger partial charge < -0.3 is 15.1 Å². The molecule has 28 heavy (non-hydrogen) atoms. The minimum atomic E-state index is 1.12. The van der Waals surface area contributed by atoms with E-state index in [-0.39, 0.29) is 0 Å². The largest absolute Gasteiger partial charge is 0.369 e. The molecular formula is C24H32N4. The van der Waals surface area contributed by atoms with Crippen LogP contribution in [-0.4, -0.2) is 43.1 Å². The number of likely N-dealkylation sites (N-methyl/N-ethyl adjacent to an activating group) is 1. The maximum Gasteiger partial charge on any atom is 0.0485 e. The van der Waals surface area contributed by atoms with Gasteiger partial charge in [-0.05, 0) is 93.8 Å². The van der Waals surface area contributed by atoms with Crippen molar-refractivity contribution in [3.05, 3.63) is 46.8 Å². The SMILES string of the molecule is CN1CCN(c2ccc(Nc3c4c(nc5c3CCCC5)CCCC4)cc2)CC1. The van der Waals surface area contributed by atoms with Gasteiger partial charge in [0.25, 0.3) is 0 Å². The molecule has 0 atom stereocenters. The Bertz CT molecular complexity index is 800. The molecule has 0 saturated carbocycles. The molecule has 1 N–H and O–H groups in total. The first-order valence-corrected chi connectivity index (χ1v) is 11.1. The number of rotatable bonds is 3. The van der Waals surface area contributed by atoms with Crippen LogP contribution in [0.25, 0.3) is 0 Å². The summed E-state index contributed by atoms with van der Waals surface area (Å²) in [5, 5.41) is 3.83. The topological polar surface area (TPSA) is 31.4 Å². The molecule has 3 aliphatic rings. The molecule has 0 amide bonds. The Morgan fingerprint density at radius 2 is 1.32 bits per heavy atom. The van der Waals surface area contributed by atoms with Gasteiger partial charge in [0.15, 0.2) is 0 Å². The van der Waals surface area contributed by atoms with Gasteiger partial charge >= 0.3 is 0 Å². The fraction of sp³-hybridized carbons (Fsp3) is 0.542. The number of aryl methyl sites for hydroxylation is 2. The number of hydrogen-bond acceptors (Lipinski definition) is 4. The first kappa shape index (κ1) is 18.0. The van der Waals surface area contributed by atoms with Crippen molar-refractivity contribution in [2.75, 3.05) is 43.4 Å². The Morgan fingerprint density at radius 1 is 0.750 bits per heavy atom. The molecule has 2 aliphatic carbocycles. The van der Waals surface area contributed by atoms with E-state index in [2.05, 4.69) is 46.4 Å². The molecule has 2 heterocycles. The zero-order chi connectivity index (χ0) is 18.9. The zero-order valence-corrected chi connectivity index (χ0v) is 17.1. The van der Waals surface area contributed by atoms with Crippen LogP contribution in [-0.2, 0) is 25.7 Å². The first-order valence-electron chi connectivity index (χ1n) is 11.1. The van der Waals surface area contributed by atoms with Gasteiger partial charge in [0, 0.05) is 54.6 Å². The lowest BCUT2D eigenvalue weighted by molar-refractivity contribution is 0.313. The minimum Gasteiger partial charge on any atom is -0.369 e. The van der Waals surface area contributed by atoms with Crippen LogP contribution in [0, 0.1) is 0 Å². The average molecular weight is 377 g/mol. The quantitative estimate of drug-likeness (QED) is 0.864. The third-order valence-electron chi connectivity index (χ3n) is 6.76. The lowest BCUT2D eigenvalue weighted by Gasteiger charge is -2.34. The molecule has 0 bridgehead atoms. The summed E-state index contributed by atoms with van der Waals surface area (Å²) < 4.78 is 0. The fourth-order valence-corrected chi connectivity index (χ4v) is 5.02. The highest BCUT2D eigenvalue weighted by atomic mass is 15.2. The van der Waals surface area contributed by atoms with Crippen molar-refractivity contribution in [1.82, 2.24) is 9.88 Å². The Labute approximate surface area is 169 Å². The minimum absolute atomic E-state index is 1.12. The molecule has 1 aromatic carbocycles. The molecule has 4 heteroatoms. The summed E-state index contributed by atoms with van der Waals surface area (Å²) >= 11 is 0. The van der Waals surface area contributed by atoms with Gasteiger partial charge in [-0.3, -0.25) is 4.98 Å². The van der Waals surface area contributed by atoms with E-state index in [4.69, 9.17) is 4.98 Å². The Morgan fingerprint density at radius 3 is 1.93 bits per heavy atom. The second-order valence-electron chi connectivity index (χ2n) is 8.71. The molecule has 1 fully saturated rings. The standard InChI is InChI=1S/C24H32N4/c1-27-14-16-28(17-15-27)19-12-10-18(11-13-19)25-24-20-6-2-4-8-22(20)26-23-9-5-3-7-21(23)24/h10-13H,2-9,14-17H2,1H3,(H,25,26). The molecule has 1 saturated heterocycles. The van der Waals surface area contributed by atoms with E-state index in [1.165, 1.54) is 78.1 Å². The molecule has 2 aromatic rings. The highest BCUT2D eigenvalue weighted by Crippen LogP contribution is 2.37. The van der Waals surface area contributed by atoms with Gasteiger partial charge in [0.2, 0.25) is 0 Å². The predicted octanol–water partition coefficient (Wildman–Crippen LogP) is 4.33. The molecule has 148 valence electrons. The van der Waals surface area contributed by atoms with Gasteiger partial charge in [-0.2, -0.15) is 0 Å². The first-order chi connectivity index (χ1) is 13.8. The molecule has 1 aromatic heterocycles. The van der Waals surface area contributed by atoms with E-state index in [0.717, 1.165) is 39.0 Å². The smallest absolute Gasteiger partial charge is 0.0485 e. The van der Waals surface area contributed by atoms with Crippen LogP contribution < -0.4 is 10.2 Å². The van der Waals surface area contributed by atoms with E-state index >= 15 is 0 Å². The molecule has 0 unspecified atom stereocenters. The van der Waals surface area contributed by atoms with Crippen molar-refractivity contribution in [2.24, 2.45) is 0 Å². The van der Waals surface area contributed by atoms with Crippen molar-refractivity contribution in [3.8, 4) is 0 Å². The highest BCUT2D eigenvalue weighted by molar-refractivity contribution is 5.70. The summed E-state index contributed by atoms with van der Waals surface area (Å²) in [6, 6.07) is 9.10. The highest BCUT2D eigenvalue weighted by Gasteiger charge is 2.23. The summed E-state index contributed by atoms with van der Waals surface area (Å²) in [5.74, 6) is 0. The molecule has 1 aliphatic heterocycles. The number of aromatic nitrogens is 1. The van der Waals surface area contributed by atoms with Crippen LogP contribution >= 0.6 is 0 Å². The number of benzene rings is 1. The summed E-state index contributed by atoms with van der Waals surface area (Å²) in [4.78, 5) is 9.99. The summed E-state index contributed by atoms with van der Waals surface area (Å²) in [5.41, 5.74) is 9.67. The maximum atomic E-state index is 5.09. The van der Waals surface area contributed by atoms with Crippen molar-refractivity contribution >= 4 is 17.1 Å². The predicted molar refractivity (Wildman–Crippen MR) is 117 cm³/mol. The van der Waals surface area contributed by atoms with Crippen LogP contribution in [0.5, 0.6) is 0 Å². The van der Waals surface area contributed by atoms with Crippen LogP contribution in [0.15, 0.2) is 24.3 Å². The van der Waals surface area contributed by atoms with E-state index in [1.807, 2.05) is 0 Å². The van der Waals surface area contributed by atoms with Gasteiger partial charge in [-0.25, -0.2) is 0 Å². The summed E-state index contributed by atoms with van der Waals surface area (Å²) in [6.45, 7) is 4.54. The van der Waals surface area contributed by atoms with Crippen LogP contribution in [0.4, 0.5) is 17.1 Å². The number of pyridine rings is 1. The Balaban J connectivity index is 1.41. The monoisotopic (exact) mass is 376 g/mol. The van der Waals surface area contributed by atoms with E-state index in [0.29, 0.717) is 0 Å². The second-order valence-corrected chi connectivity index (χ2v) is 8.71. The number of hydrogen-bond donors (Lipinski definition) is 1. The van der Waals surface area contributed by atoms with Crippen LogP contribution in [0.2, 0.25) is 0 Å². The zero-order valence-electron chi connectivity index (χ0n) is 17.1. The van der Waals surface area contributed by atoms with Crippen molar-refractivity contribution in [2.45, 2.75) is 51.4 Å². The molecular weight excluding hydrogens is 344 g/mol. The Kier molecular flexibility index (Phi) is 4.98. The third-order valence-corrected chi connectivity index (χ3v) is 6.76. The normalized spacial score (nSPS) is 19.8. The average Bonchev–Trinajstić information content (AvgIpc) is 2.75. The lowest BCUT2D eigenvalue weighted by Crippen LogP contribution is -2.44. The van der Waals surface area contributed by atoms with Gasteiger partial charge in [0.1, 0.15) is 0 Å². The van der Waals surface area contributed by atoms with Crippen LogP contribution in [0.1, 0.15) is 48.2 Å². The summed E-state index contributed by atoms with van der Waals surface area (Å²) in [7, 11) is 2.21. The van der Waals surface area contributed by atoms with E-state index < -0.39 is 0 Å². The second kappa shape index (κ2) is 7.75. The van der Waals surface area contributed by atoms with Gasteiger partial charge in [-0.1, -0.05) is 0 Å². The van der Waals surface area contributed by atoms with E-state index in [9.17, 15) is 0 Å². The van der Waals surface area contributed by atoms with Crippen LogP contribution in [0.3, 0.4) is 0 Å².